The fourth-order valence-electron chi connectivity index (χ4n) is 1.74. The Morgan fingerprint density at radius 2 is 2.27 bits per heavy atom. The lowest BCUT2D eigenvalue weighted by atomic mass is 10.2. The van der Waals surface area contributed by atoms with Gasteiger partial charge in [-0.1, -0.05) is 12.8 Å². The van der Waals surface area contributed by atoms with Gasteiger partial charge in [0.15, 0.2) is 0 Å². The zero-order valence-corrected chi connectivity index (χ0v) is 10.2. The molecule has 1 saturated carbocycles. The Hall–Kier alpha value is -0.770. The second-order valence-corrected chi connectivity index (χ2v) is 5.06. The largest absolute Gasteiger partial charge is 0.398 e. The summed E-state index contributed by atoms with van der Waals surface area (Å²) in [5, 5.41) is 0. The van der Waals surface area contributed by atoms with Crippen molar-refractivity contribution in [2.75, 3.05) is 5.73 Å². The molecule has 1 aliphatic carbocycles. The predicted molar refractivity (Wildman–Crippen MR) is 64.8 cm³/mol. The summed E-state index contributed by atoms with van der Waals surface area (Å²) < 4.78 is 2.25. The number of halogens is 1. The lowest BCUT2D eigenvalue weighted by molar-refractivity contribution is 0.565. The van der Waals surface area contributed by atoms with Crippen LogP contribution in [0.25, 0.3) is 0 Å². The van der Waals surface area contributed by atoms with Gasteiger partial charge in [-0.3, -0.25) is 4.79 Å². The van der Waals surface area contributed by atoms with Crippen LogP contribution in [0.4, 0.5) is 5.69 Å². The van der Waals surface area contributed by atoms with Crippen LogP contribution in [0.5, 0.6) is 0 Å². The van der Waals surface area contributed by atoms with E-state index in [0.29, 0.717) is 10.2 Å². The van der Waals surface area contributed by atoms with Crippen LogP contribution in [0.3, 0.4) is 0 Å². The number of rotatable bonds is 4. The molecule has 0 aromatic carbocycles. The summed E-state index contributed by atoms with van der Waals surface area (Å²) in [6.45, 7) is 0.777. The summed E-state index contributed by atoms with van der Waals surface area (Å²) in [7, 11) is 0. The molecule has 0 atom stereocenters. The lowest BCUT2D eigenvalue weighted by Crippen LogP contribution is -2.20. The zero-order chi connectivity index (χ0) is 10.8. The number of hydrogen-bond acceptors (Lipinski definition) is 2. The number of hydrogen-bond donors (Lipinski definition) is 1. The third-order valence-electron chi connectivity index (χ3n) is 2.77. The maximum absolute atomic E-state index is 11.7. The van der Waals surface area contributed by atoms with E-state index in [1.807, 2.05) is 0 Å². The highest BCUT2D eigenvalue weighted by molar-refractivity contribution is 9.10. The van der Waals surface area contributed by atoms with Crippen molar-refractivity contribution in [3.8, 4) is 0 Å². The number of aryl methyl sites for hydroxylation is 1. The molecule has 0 aliphatic heterocycles. The quantitative estimate of drug-likeness (QED) is 0.914. The van der Waals surface area contributed by atoms with E-state index in [2.05, 4.69) is 15.9 Å². The Morgan fingerprint density at radius 1 is 1.53 bits per heavy atom. The maximum Gasteiger partial charge on any atom is 0.264 e. The molecule has 0 bridgehead atoms. The van der Waals surface area contributed by atoms with Crippen molar-refractivity contribution < 1.29 is 0 Å². The third-order valence-corrected chi connectivity index (χ3v) is 3.34. The van der Waals surface area contributed by atoms with Crippen LogP contribution < -0.4 is 11.3 Å². The Morgan fingerprint density at radius 3 is 2.93 bits per heavy atom. The van der Waals surface area contributed by atoms with Crippen molar-refractivity contribution in [2.45, 2.75) is 32.2 Å². The minimum Gasteiger partial charge on any atom is -0.398 e. The predicted octanol–water partition coefficient (Wildman–Crippen LogP) is 2.38. The molecule has 2 N–H and O–H groups in total. The van der Waals surface area contributed by atoms with Gasteiger partial charge in [0.05, 0.1) is 4.47 Å². The highest BCUT2D eigenvalue weighted by Gasteiger charge is 2.20. The van der Waals surface area contributed by atoms with Crippen molar-refractivity contribution in [1.29, 1.82) is 0 Å². The second-order valence-electron chi connectivity index (χ2n) is 4.21. The maximum atomic E-state index is 11.7. The van der Waals surface area contributed by atoms with Gasteiger partial charge in [0.1, 0.15) is 0 Å². The normalized spacial score (nSPS) is 15.5. The molecule has 0 saturated heterocycles. The second kappa shape index (κ2) is 4.39. The van der Waals surface area contributed by atoms with E-state index in [-0.39, 0.29) is 5.56 Å². The summed E-state index contributed by atoms with van der Waals surface area (Å²) in [4.78, 5) is 11.7. The van der Waals surface area contributed by atoms with Gasteiger partial charge in [0.2, 0.25) is 0 Å². The van der Waals surface area contributed by atoms with Crippen molar-refractivity contribution in [3.05, 3.63) is 27.1 Å². The molecule has 3 nitrogen and oxygen atoms in total. The highest BCUT2D eigenvalue weighted by atomic mass is 79.9. The monoisotopic (exact) mass is 270 g/mol. The minimum absolute atomic E-state index is 0.0139. The average Bonchev–Trinajstić information content (AvgIpc) is 2.97. The van der Waals surface area contributed by atoms with Crippen LogP contribution in [0.1, 0.15) is 25.7 Å². The fraction of sp³-hybridized carbons (Fsp3) is 0.545. The van der Waals surface area contributed by atoms with E-state index in [0.717, 1.165) is 18.9 Å². The van der Waals surface area contributed by atoms with Gasteiger partial charge >= 0.3 is 0 Å². The standard InChI is InChI=1S/C11H15BrN2O/c12-10-6-9(13)7-14(11(10)15)5-1-2-8-3-4-8/h6-8H,1-5,13H2. The number of aromatic nitrogens is 1. The summed E-state index contributed by atoms with van der Waals surface area (Å²) in [5.41, 5.74) is 6.33. The highest BCUT2D eigenvalue weighted by Crippen LogP contribution is 2.33. The first-order chi connectivity index (χ1) is 7.16. The van der Waals surface area contributed by atoms with Gasteiger partial charge in [0.25, 0.3) is 5.56 Å². The van der Waals surface area contributed by atoms with E-state index >= 15 is 0 Å². The molecule has 1 fully saturated rings. The first-order valence-electron chi connectivity index (χ1n) is 5.32. The van der Waals surface area contributed by atoms with Gasteiger partial charge < -0.3 is 10.3 Å². The van der Waals surface area contributed by atoms with Gasteiger partial charge in [0, 0.05) is 18.4 Å². The van der Waals surface area contributed by atoms with Crippen molar-refractivity contribution in [2.24, 2.45) is 5.92 Å². The summed E-state index contributed by atoms with van der Waals surface area (Å²) >= 11 is 3.22. The van der Waals surface area contributed by atoms with Crippen LogP contribution in [-0.2, 0) is 6.54 Å². The molecule has 1 aromatic heterocycles. The Labute approximate surface area is 97.4 Å². The van der Waals surface area contributed by atoms with E-state index < -0.39 is 0 Å². The molecule has 1 heterocycles. The minimum atomic E-state index is 0.0139. The molecule has 2 rings (SSSR count). The van der Waals surface area contributed by atoms with Gasteiger partial charge in [-0.2, -0.15) is 0 Å². The Bertz CT molecular complexity index is 410. The number of nitrogens with two attached hydrogens (primary N) is 1. The van der Waals surface area contributed by atoms with Gasteiger partial charge in [-0.05, 0) is 40.8 Å². The van der Waals surface area contributed by atoms with Crippen molar-refractivity contribution in [1.82, 2.24) is 4.57 Å². The first kappa shape index (κ1) is 10.7. The zero-order valence-electron chi connectivity index (χ0n) is 8.58. The third kappa shape index (κ3) is 2.84. The van der Waals surface area contributed by atoms with Crippen LogP contribution in [0, 0.1) is 5.92 Å². The topological polar surface area (TPSA) is 48.0 Å². The Balaban J connectivity index is 2.02. The summed E-state index contributed by atoms with van der Waals surface area (Å²) in [6, 6.07) is 1.65. The molecular weight excluding hydrogens is 256 g/mol. The molecule has 82 valence electrons. The lowest BCUT2D eigenvalue weighted by Gasteiger charge is -2.07. The number of nitrogen functional groups attached to an aromatic ring is 1. The molecule has 4 heteroatoms. The number of nitrogens with zero attached hydrogens (tertiary/aromatic N) is 1. The number of anilines is 1. The molecule has 1 aromatic rings. The van der Waals surface area contributed by atoms with Crippen molar-refractivity contribution >= 4 is 21.6 Å². The van der Waals surface area contributed by atoms with Gasteiger partial charge in [-0.25, -0.2) is 0 Å². The molecule has 0 radical (unpaired) electrons. The summed E-state index contributed by atoms with van der Waals surface area (Å²) in [6.07, 6.45) is 6.77. The summed E-state index contributed by atoms with van der Waals surface area (Å²) in [5.74, 6) is 0.921. The van der Waals surface area contributed by atoms with Crippen LogP contribution in [0.15, 0.2) is 21.5 Å². The van der Waals surface area contributed by atoms with E-state index in [1.165, 1.54) is 19.3 Å². The van der Waals surface area contributed by atoms with Gasteiger partial charge in [-0.15, -0.1) is 0 Å². The molecule has 0 spiro atoms. The smallest absolute Gasteiger partial charge is 0.264 e. The van der Waals surface area contributed by atoms with E-state index in [9.17, 15) is 4.79 Å². The molecule has 0 unspecified atom stereocenters. The molecule has 1 aliphatic rings. The van der Waals surface area contributed by atoms with Crippen molar-refractivity contribution in [3.63, 3.8) is 0 Å². The van der Waals surface area contributed by atoms with Crippen LogP contribution >= 0.6 is 15.9 Å². The molecule has 0 amide bonds. The molecular formula is C11H15BrN2O. The number of pyridine rings is 1. The SMILES string of the molecule is Nc1cc(Br)c(=O)n(CCCC2CC2)c1. The van der Waals surface area contributed by atoms with E-state index in [1.54, 1.807) is 16.8 Å². The average molecular weight is 271 g/mol. The van der Waals surface area contributed by atoms with Crippen LogP contribution in [-0.4, -0.2) is 4.57 Å². The first-order valence-corrected chi connectivity index (χ1v) is 6.11. The van der Waals surface area contributed by atoms with E-state index in [4.69, 9.17) is 5.73 Å². The fourth-order valence-corrected chi connectivity index (χ4v) is 2.24. The Kier molecular flexibility index (Phi) is 3.14. The van der Waals surface area contributed by atoms with Crippen LogP contribution in [0.2, 0.25) is 0 Å². The molecule has 15 heavy (non-hydrogen) atoms.